The first-order chi connectivity index (χ1) is 11.4. The Labute approximate surface area is 151 Å². The topological polar surface area (TPSA) is 57.6 Å². The van der Waals surface area contributed by atoms with E-state index in [0.717, 1.165) is 6.42 Å². The molecule has 0 saturated carbocycles. The molecule has 0 bridgehead atoms. The average Bonchev–Trinajstić information content (AvgIpc) is 2.83. The van der Waals surface area contributed by atoms with Gasteiger partial charge >= 0.3 is 0 Å². The number of benzene rings is 1. The summed E-state index contributed by atoms with van der Waals surface area (Å²) in [4.78, 5) is 25.5. The zero-order valence-corrected chi connectivity index (χ0v) is 14.9. The van der Waals surface area contributed by atoms with Gasteiger partial charge in [-0.15, -0.1) is 0 Å². The molecule has 0 aliphatic carbocycles. The molecule has 1 aromatic rings. The Morgan fingerprint density at radius 3 is 1.76 bits per heavy atom. The van der Waals surface area contributed by atoms with Gasteiger partial charge in [0.2, 0.25) is 0 Å². The number of imide groups is 1. The lowest BCUT2D eigenvalue weighted by Crippen LogP contribution is -2.37. The number of rotatable bonds is 5. The summed E-state index contributed by atoms with van der Waals surface area (Å²) in [5.41, 5.74) is 1.04. The average molecular weight is 345 g/mol. The van der Waals surface area contributed by atoms with Gasteiger partial charge in [-0.1, -0.05) is 43.9 Å². The number of carbonyl (C=O) groups is 2. The van der Waals surface area contributed by atoms with E-state index in [1.165, 1.54) is 4.90 Å². The third-order valence-electron chi connectivity index (χ3n) is 3.69. The number of hydrogen-bond acceptors (Lipinski definition) is 3. The second-order valence-electron chi connectivity index (χ2n) is 5.83. The Balaban J connectivity index is 0.000000620. The van der Waals surface area contributed by atoms with Crippen LogP contribution in [0.5, 0.6) is 0 Å². The number of aliphatic hydroxyl groups excluding tert-OH is 1. The van der Waals surface area contributed by atoms with Crippen LogP contribution in [0.4, 0.5) is 0 Å². The number of amides is 2. The van der Waals surface area contributed by atoms with Crippen LogP contribution in [0.2, 0.25) is 0 Å². The molecular weight excluding hydrogens is 314 g/mol. The van der Waals surface area contributed by atoms with Crippen LogP contribution in [-0.4, -0.2) is 34.0 Å². The van der Waals surface area contributed by atoms with E-state index in [2.05, 4.69) is 0 Å². The Bertz CT molecular complexity index is 582. The molecule has 25 heavy (non-hydrogen) atoms. The van der Waals surface area contributed by atoms with Crippen LogP contribution in [0.25, 0.3) is 0 Å². The molecule has 1 N–H and O–H groups in total. The highest BCUT2D eigenvalue weighted by Crippen LogP contribution is 2.25. The molecule has 0 spiro atoms. The molecular formula is C21H31NO3. The Kier molecular flexibility index (Phi) is 10.4. The molecule has 4 nitrogen and oxygen atoms in total. The largest absolute Gasteiger partial charge is 0.393 e. The Morgan fingerprint density at radius 1 is 0.960 bits per heavy atom. The van der Waals surface area contributed by atoms with Crippen LogP contribution in [0.3, 0.4) is 0 Å². The molecule has 138 valence electrons. The number of carbonyl (C=O) groups excluding carboxylic acids is 2. The van der Waals surface area contributed by atoms with Crippen molar-refractivity contribution in [2.24, 2.45) is 0 Å². The van der Waals surface area contributed by atoms with E-state index in [0.29, 0.717) is 17.5 Å². The van der Waals surface area contributed by atoms with Gasteiger partial charge in [0.15, 0.2) is 0 Å². The van der Waals surface area contributed by atoms with E-state index >= 15 is 0 Å². The quantitative estimate of drug-likeness (QED) is 0.626. The molecule has 0 aromatic heterocycles. The van der Waals surface area contributed by atoms with Crippen molar-refractivity contribution in [2.45, 2.75) is 60.1 Å². The van der Waals surface area contributed by atoms with Gasteiger partial charge in [0.05, 0.1) is 17.2 Å². The van der Waals surface area contributed by atoms with Crippen molar-refractivity contribution in [2.75, 3.05) is 0 Å². The Morgan fingerprint density at radius 2 is 1.40 bits per heavy atom. The fourth-order valence-corrected chi connectivity index (χ4v) is 2.38. The number of aliphatic hydroxyl groups is 1. The fourth-order valence-electron chi connectivity index (χ4n) is 2.38. The van der Waals surface area contributed by atoms with Gasteiger partial charge in [0, 0.05) is 6.04 Å². The van der Waals surface area contributed by atoms with Crippen molar-refractivity contribution in [3.05, 3.63) is 59.7 Å². The van der Waals surface area contributed by atoms with Crippen molar-refractivity contribution in [3.63, 3.8) is 0 Å². The van der Waals surface area contributed by atoms with Crippen molar-refractivity contribution in [1.82, 2.24) is 4.90 Å². The van der Waals surface area contributed by atoms with Crippen molar-refractivity contribution >= 4 is 11.8 Å². The van der Waals surface area contributed by atoms with Crippen LogP contribution in [0.1, 0.15) is 68.7 Å². The highest BCUT2D eigenvalue weighted by molar-refractivity contribution is 6.21. The lowest BCUT2D eigenvalue weighted by molar-refractivity contribution is 0.0598. The van der Waals surface area contributed by atoms with Gasteiger partial charge in [0.25, 0.3) is 11.8 Å². The van der Waals surface area contributed by atoms with Gasteiger partial charge in [-0.25, -0.2) is 0 Å². The van der Waals surface area contributed by atoms with Crippen LogP contribution < -0.4 is 0 Å². The predicted octanol–water partition coefficient (Wildman–Crippen LogP) is 4.61. The molecule has 1 aromatic carbocycles. The maximum absolute atomic E-state index is 12.1. The van der Waals surface area contributed by atoms with Gasteiger partial charge in [-0.2, -0.15) is 0 Å². The van der Waals surface area contributed by atoms with E-state index in [1.54, 1.807) is 31.2 Å². The summed E-state index contributed by atoms with van der Waals surface area (Å²) in [6, 6.07) is 6.88. The molecule has 1 heterocycles. The van der Waals surface area contributed by atoms with Crippen LogP contribution in [-0.2, 0) is 0 Å². The first-order valence-electron chi connectivity index (χ1n) is 8.31. The number of hydrogen-bond donors (Lipinski definition) is 1. The minimum absolute atomic E-state index is 0. The smallest absolute Gasteiger partial charge is 0.261 e. The summed E-state index contributed by atoms with van der Waals surface area (Å²) in [5.74, 6) is -0.356. The second kappa shape index (κ2) is 11.4. The predicted molar refractivity (Wildman–Crippen MR) is 104 cm³/mol. The first kappa shape index (κ1) is 22.8. The minimum atomic E-state index is -0.184. The molecule has 2 amide bonds. The molecule has 0 saturated heterocycles. The number of allylic oxidation sites excluding steroid dienone is 2. The summed E-state index contributed by atoms with van der Waals surface area (Å²) in [7, 11) is 0. The second-order valence-corrected chi connectivity index (χ2v) is 5.83. The summed E-state index contributed by atoms with van der Waals surface area (Å²) >= 11 is 0. The third kappa shape index (κ3) is 6.31. The molecule has 2 rings (SSSR count). The van der Waals surface area contributed by atoms with Gasteiger partial charge in [-0.05, 0) is 52.7 Å². The minimum Gasteiger partial charge on any atom is -0.393 e. The van der Waals surface area contributed by atoms with Crippen LogP contribution in [0.15, 0.2) is 48.6 Å². The van der Waals surface area contributed by atoms with E-state index < -0.39 is 0 Å². The summed E-state index contributed by atoms with van der Waals surface area (Å²) in [6.07, 6.45) is 9.06. The summed E-state index contributed by atoms with van der Waals surface area (Å²) in [5, 5.41) is 8.63. The summed E-state index contributed by atoms with van der Waals surface area (Å²) in [6.45, 7) is 7.54. The zero-order chi connectivity index (χ0) is 18.1. The number of nitrogens with zero attached hydrogens (tertiary/aromatic N) is 1. The third-order valence-corrected chi connectivity index (χ3v) is 3.69. The van der Waals surface area contributed by atoms with Crippen LogP contribution >= 0.6 is 0 Å². The van der Waals surface area contributed by atoms with Crippen molar-refractivity contribution in [3.8, 4) is 0 Å². The van der Waals surface area contributed by atoms with Gasteiger partial charge < -0.3 is 5.11 Å². The lowest BCUT2D eigenvalue weighted by atomic mass is 10.1. The highest BCUT2D eigenvalue weighted by atomic mass is 16.3. The highest BCUT2D eigenvalue weighted by Gasteiger charge is 2.37. The maximum Gasteiger partial charge on any atom is 0.261 e. The summed E-state index contributed by atoms with van der Waals surface area (Å²) < 4.78 is 0. The maximum atomic E-state index is 12.1. The normalized spacial score (nSPS) is 15.6. The van der Waals surface area contributed by atoms with Crippen molar-refractivity contribution in [1.29, 1.82) is 0 Å². The zero-order valence-electron chi connectivity index (χ0n) is 14.9. The molecule has 0 radical (unpaired) electrons. The van der Waals surface area contributed by atoms with Crippen molar-refractivity contribution < 1.29 is 14.7 Å². The molecule has 4 heteroatoms. The molecule has 1 aliphatic heterocycles. The molecule has 0 fully saturated rings. The number of fused-ring (bicyclic) bond motifs is 1. The monoisotopic (exact) mass is 345 g/mol. The van der Waals surface area contributed by atoms with Crippen LogP contribution in [0, 0.1) is 0 Å². The van der Waals surface area contributed by atoms with E-state index in [4.69, 9.17) is 5.11 Å². The molecule has 2 unspecified atom stereocenters. The van der Waals surface area contributed by atoms with Gasteiger partial charge in [0.1, 0.15) is 0 Å². The van der Waals surface area contributed by atoms with Gasteiger partial charge in [-0.3, -0.25) is 14.5 Å². The molecule has 2 atom stereocenters. The standard InChI is InChI=1S/C14H15NO2.C6H12O.CH4/c1-3-4-7-10(2)15-13(16)11-8-5-6-9-12(11)14(15)17;1-3-4-5-6(2)7;/h3-6,8-10H,7H2,1-2H3;3-4,6-7H,5H2,1-2H3;1H4/b2*4-3-;. The first-order valence-corrected chi connectivity index (χ1v) is 8.31. The lowest BCUT2D eigenvalue weighted by Gasteiger charge is -2.21. The Hall–Kier alpha value is -2.20. The van der Waals surface area contributed by atoms with E-state index in [9.17, 15) is 9.59 Å². The van der Waals surface area contributed by atoms with E-state index in [-0.39, 0.29) is 31.4 Å². The fraction of sp³-hybridized carbons (Fsp3) is 0.429. The molecule has 1 aliphatic rings. The SMILES string of the molecule is C.C/C=C\CC(C)N1C(=O)c2ccccc2C1=O.C/C=C\CC(C)O. The van der Waals surface area contributed by atoms with E-state index in [1.807, 2.05) is 45.1 Å².